The predicted molar refractivity (Wildman–Crippen MR) is 112 cm³/mol. The van der Waals surface area contributed by atoms with Gasteiger partial charge in [-0.15, -0.1) is 0 Å². The molecule has 1 saturated heterocycles. The second-order valence-corrected chi connectivity index (χ2v) is 7.37. The van der Waals surface area contributed by atoms with Crippen LogP contribution < -0.4 is 10.1 Å². The van der Waals surface area contributed by atoms with E-state index >= 15 is 0 Å². The predicted octanol–water partition coefficient (Wildman–Crippen LogP) is 3.01. The smallest absolute Gasteiger partial charge is 0.272 e. The number of carbonyl (C=O) groups is 2. The van der Waals surface area contributed by atoms with E-state index < -0.39 is 11.0 Å². The number of nitro groups is 1. The maximum atomic E-state index is 12.9. The van der Waals surface area contributed by atoms with Crippen molar-refractivity contribution in [2.24, 2.45) is 0 Å². The Labute approximate surface area is 175 Å². The molecule has 1 N–H and O–H groups in total. The lowest BCUT2D eigenvalue weighted by Gasteiger charge is -2.24. The largest absolute Gasteiger partial charge is 0.492 e. The molecule has 1 fully saturated rings. The van der Waals surface area contributed by atoms with Crippen molar-refractivity contribution >= 4 is 17.5 Å². The first-order chi connectivity index (χ1) is 14.4. The lowest BCUT2D eigenvalue weighted by atomic mass is 10.1. The number of likely N-dealkylation sites (tertiary alicyclic amines) is 1. The summed E-state index contributed by atoms with van der Waals surface area (Å²) in [6, 6.07) is 11.4. The molecule has 1 unspecified atom stereocenters. The minimum atomic E-state index is -0.549. The van der Waals surface area contributed by atoms with Gasteiger partial charge in [-0.1, -0.05) is 12.1 Å². The Morgan fingerprint density at radius 2 is 2.03 bits per heavy atom. The van der Waals surface area contributed by atoms with E-state index in [2.05, 4.69) is 5.32 Å². The van der Waals surface area contributed by atoms with Crippen LogP contribution in [0.25, 0.3) is 0 Å². The summed E-state index contributed by atoms with van der Waals surface area (Å²) in [5.41, 5.74) is 1.83. The SMILES string of the molecule is Cc1cccc(OCCNC(=O)C2CCCN2C(=O)c2ccc([N+](=O)[O-])c(C)c2)c1. The molecule has 1 aliphatic heterocycles. The fourth-order valence-electron chi connectivity index (χ4n) is 3.61. The van der Waals surface area contributed by atoms with E-state index in [0.717, 1.165) is 17.7 Å². The highest BCUT2D eigenvalue weighted by atomic mass is 16.6. The van der Waals surface area contributed by atoms with Crippen molar-refractivity contribution in [1.29, 1.82) is 0 Å². The van der Waals surface area contributed by atoms with E-state index in [0.29, 0.717) is 37.2 Å². The quantitative estimate of drug-likeness (QED) is 0.429. The number of nitrogens with one attached hydrogen (secondary N) is 1. The molecular weight excluding hydrogens is 386 g/mol. The standard InChI is InChI=1S/C22H25N3O5/c1-15-5-3-6-18(13-15)30-12-10-23-21(26)20-7-4-11-24(20)22(27)17-8-9-19(25(28)29)16(2)14-17/h3,5-6,8-9,13-14,20H,4,7,10-12H2,1-2H3,(H,23,26). The maximum Gasteiger partial charge on any atom is 0.272 e. The van der Waals surface area contributed by atoms with Gasteiger partial charge >= 0.3 is 0 Å². The van der Waals surface area contributed by atoms with Crippen molar-refractivity contribution < 1.29 is 19.2 Å². The molecule has 8 heteroatoms. The molecular formula is C22H25N3O5. The first kappa shape index (κ1) is 21.3. The Kier molecular flexibility index (Phi) is 6.66. The highest BCUT2D eigenvalue weighted by Crippen LogP contribution is 2.24. The lowest BCUT2D eigenvalue weighted by Crippen LogP contribution is -2.46. The Hall–Kier alpha value is -3.42. The van der Waals surface area contributed by atoms with Gasteiger partial charge in [0.2, 0.25) is 5.91 Å². The van der Waals surface area contributed by atoms with Gasteiger partial charge in [0.15, 0.2) is 0 Å². The normalized spacial score (nSPS) is 15.7. The summed E-state index contributed by atoms with van der Waals surface area (Å²) in [6.45, 7) is 4.72. The molecule has 2 amide bonds. The van der Waals surface area contributed by atoms with E-state index in [-0.39, 0.29) is 17.5 Å². The Morgan fingerprint density at radius 1 is 1.23 bits per heavy atom. The highest BCUT2D eigenvalue weighted by molar-refractivity contribution is 5.98. The monoisotopic (exact) mass is 411 g/mol. The molecule has 0 radical (unpaired) electrons. The molecule has 30 heavy (non-hydrogen) atoms. The van der Waals surface area contributed by atoms with Crippen LogP contribution in [0.1, 0.15) is 34.3 Å². The lowest BCUT2D eigenvalue weighted by molar-refractivity contribution is -0.385. The number of nitro benzene ring substituents is 1. The van der Waals surface area contributed by atoms with E-state index in [1.807, 2.05) is 31.2 Å². The van der Waals surface area contributed by atoms with Crippen LogP contribution in [0.5, 0.6) is 5.75 Å². The topological polar surface area (TPSA) is 102 Å². The summed E-state index contributed by atoms with van der Waals surface area (Å²) in [6.07, 6.45) is 1.32. The number of benzene rings is 2. The number of aryl methyl sites for hydroxylation is 2. The zero-order valence-corrected chi connectivity index (χ0v) is 17.1. The second-order valence-electron chi connectivity index (χ2n) is 7.37. The van der Waals surface area contributed by atoms with E-state index in [1.165, 1.54) is 23.1 Å². The fraction of sp³-hybridized carbons (Fsp3) is 0.364. The van der Waals surface area contributed by atoms with Crippen LogP contribution in [0.3, 0.4) is 0 Å². The molecule has 1 atom stereocenters. The molecule has 0 spiro atoms. The van der Waals surface area contributed by atoms with Crippen molar-refractivity contribution in [3.05, 3.63) is 69.3 Å². The van der Waals surface area contributed by atoms with Gasteiger partial charge in [0.1, 0.15) is 18.4 Å². The summed E-state index contributed by atoms with van der Waals surface area (Å²) in [4.78, 5) is 37.6. The zero-order valence-electron chi connectivity index (χ0n) is 17.1. The van der Waals surface area contributed by atoms with Crippen LogP contribution in [-0.2, 0) is 4.79 Å². The van der Waals surface area contributed by atoms with Gasteiger partial charge in [0, 0.05) is 23.7 Å². The number of ether oxygens (including phenoxy) is 1. The molecule has 0 saturated carbocycles. The second kappa shape index (κ2) is 9.39. The summed E-state index contributed by atoms with van der Waals surface area (Å²) < 4.78 is 5.64. The van der Waals surface area contributed by atoms with Crippen LogP contribution in [0.2, 0.25) is 0 Å². The number of carbonyl (C=O) groups excluding carboxylic acids is 2. The van der Waals surface area contributed by atoms with Gasteiger partial charge in [-0.2, -0.15) is 0 Å². The first-order valence-corrected chi connectivity index (χ1v) is 9.90. The molecule has 2 aromatic carbocycles. The molecule has 1 heterocycles. The summed E-state index contributed by atoms with van der Waals surface area (Å²) >= 11 is 0. The van der Waals surface area contributed by atoms with Crippen LogP contribution >= 0.6 is 0 Å². The van der Waals surface area contributed by atoms with Crippen molar-refractivity contribution in [2.75, 3.05) is 19.7 Å². The molecule has 0 aliphatic carbocycles. The summed E-state index contributed by atoms with van der Waals surface area (Å²) in [5.74, 6) is 0.240. The van der Waals surface area contributed by atoms with E-state index in [1.54, 1.807) is 6.92 Å². The van der Waals surface area contributed by atoms with Crippen LogP contribution in [0.15, 0.2) is 42.5 Å². The average Bonchev–Trinajstić information content (AvgIpc) is 3.20. The number of amides is 2. The van der Waals surface area contributed by atoms with Crippen molar-refractivity contribution in [3.8, 4) is 5.75 Å². The van der Waals surface area contributed by atoms with E-state index in [4.69, 9.17) is 4.74 Å². The molecule has 158 valence electrons. The van der Waals surface area contributed by atoms with Crippen LogP contribution in [0, 0.1) is 24.0 Å². The Morgan fingerprint density at radius 3 is 2.73 bits per heavy atom. The number of nitrogens with zero attached hydrogens (tertiary/aromatic N) is 2. The first-order valence-electron chi connectivity index (χ1n) is 9.90. The molecule has 3 rings (SSSR count). The number of rotatable bonds is 7. The van der Waals surface area contributed by atoms with Gasteiger partial charge in [0.25, 0.3) is 11.6 Å². The zero-order chi connectivity index (χ0) is 21.7. The van der Waals surface area contributed by atoms with E-state index in [9.17, 15) is 19.7 Å². The van der Waals surface area contributed by atoms with Gasteiger partial charge in [-0.3, -0.25) is 19.7 Å². The van der Waals surface area contributed by atoms with Crippen molar-refractivity contribution in [1.82, 2.24) is 10.2 Å². The Bertz CT molecular complexity index is 960. The molecule has 8 nitrogen and oxygen atoms in total. The number of hydrogen-bond acceptors (Lipinski definition) is 5. The minimum Gasteiger partial charge on any atom is -0.492 e. The van der Waals surface area contributed by atoms with Crippen LogP contribution in [-0.4, -0.2) is 47.4 Å². The van der Waals surface area contributed by atoms with Crippen molar-refractivity contribution in [3.63, 3.8) is 0 Å². The third-order valence-electron chi connectivity index (χ3n) is 5.12. The van der Waals surface area contributed by atoms with Crippen LogP contribution in [0.4, 0.5) is 5.69 Å². The summed E-state index contributed by atoms with van der Waals surface area (Å²) in [5, 5.41) is 13.8. The maximum absolute atomic E-state index is 12.9. The minimum absolute atomic E-state index is 0.0316. The van der Waals surface area contributed by atoms with Crippen molar-refractivity contribution in [2.45, 2.75) is 32.7 Å². The summed E-state index contributed by atoms with van der Waals surface area (Å²) in [7, 11) is 0. The van der Waals surface area contributed by atoms with Gasteiger partial charge in [0.05, 0.1) is 11.5 Å². The highest BCUT2D eigenvalue weighted by Gasteiger charge is 2.34. The Balaban J connectivity index is 1.56. The van der Waals surface area contributed by atoms with Gasteiger partial charge in [-0.05, 0) is 56.5 Å². The molecule has 2 aromatic rings. The molecule has 0 aromatic heterocycles. The third kappa shape index (κ3) is 4.94. The van der Waals surface area contributed by atoms with Gasteiger partial charge < -0.3 is 15.0 Å². The van der Waals surface area contributed by atoms with Gasteiger partial charge in [-0.25, -0.2) is 0 Å². The third-order valence-corrected chi connectivity index (χ3v) is 5.12. The molecule has 0 bridgehead atoms. The number of hydrogen-bond donors (Lipinski definition) is 1. The average molecular weight is 411 g/mol. The fourth-order valence-corrected chi connectivity index (χ4v) is 3.61. The molecule has 1 aliphatic rings.